The van der Waals surface area contributed by atoms with Crippen LogP contribution in [0.3, 0.4) is 0 Å². The normalized spacial score (nSPS) is 16.2. The largest absolute Gasteiger partial charge is 0.368 e. The quantitative estimate of drug-likeness (QED) is 0.681. The van der Waals surface area contributed by atoms with Crippen molar-refractivity contribution in [1.29, 1.82) is 0 Å². The second kappa shape index (κ2) is 8.39. The van der Waals surface area contributed by atoms with Crippen LogP contribution in [0.15, 0.2) is 53.4 Å². The average molecular weight is 403 g/mol. The lowest BCUT2D eigenvalue weighted by molar-refractivity contribution is -0.115. The molecule has 2 aromatic rings. The number of nitrogens with one attached hydrogen (secondary N) is 1. The Bertz CT molecular complexity index is 827. The first-order valence-electron chi connectivity index (χ1n) is 9.52. The van der Waals surface area contributed by atoms with Crippen molar-refractivity contribution in [3.63, 3.8) is 0 Å². The molecule has 0 radical (unpaired) electrons. The van der Waals surface area contributed by atoms with Crippen LogP contribution in [-0.4, -0.2) is 37.8 Å². The molecule has 2 aliphatic rings. The van der Waals surface area contributed by atoms with Gasteiger partial charge in [0.2, 0.25) is 5.91 Å². The maximum absolute atomic E-state index is 12.5. The molecule has 0 saturated heterocycles. The van der Waals surface area contributed by atoms with Gasteiger partial charge in [-0.1, -0.05) is 23.9 Å². The standard InChI is InChI=1S/C21H23F2N3OS/c22-21(23)28-17-9-7-16(8-10-17)24-20(27)14-26-12-11-25(13-15-5-6-15)18-3-1-2-4-19(18)26/h1-4,7-10,15,21H,5-6,11-14H2,(H,24,27). The Balaban J connectivity index is 1.38. The van der Waals surface area contributed by atoms with E-state index in [9.17, 15) is 13.6 Å². The number of amides is 1. The lowest BCUT2D eigenvalue weighted by Gasteiger charge is -2.38. The molecule has 28 heavy (non-hydrogen) atoms. The van der Waals surface area contributed by atoms with Crippen molar-refractivity contribution < 1.29 is 13.6 Å². The Hall–Kier alpha value is -2.28. The lowest BCUT2D eigenvalue weighted by atomic mass is 10.1. The Morgan fingerprint density at radius 3 is 2.32 bits per heavy atom. The molecule has 1 fully saturated rings. The molecule has 2 aromatic carbocycles. The number of halogens is 2. The van der Waals surface area contributed by atoms with Crippen LogP contribution in [0.4, 0.5) is 25.8 Å². The third kappa shape index (κ3) is 4.76. The summed E-state index contributed by atoms with van der Waals surface area (Å²) < 4.78 is 24.8. The number of nitrogens with zero attached hydrogens (tertiary/aromatic N) is 2. The van der Waals surface area contributed by atoms with Gasteiger partial charge in [0.15, 0.2) is 0 Å². The topological polar surface area (TPSA) is 35.6 Å². The highest BCUT2D eigenvalue weighted by Crippen LogP contribution is 2.37. The van der Waals surface area contributed by atoms with Crippen molar-refractivity contribution in [3.05, 3.63) is 48.5 Å². The number of alkyl halides is 2. The molecule has 1 heterocycles. The van der Waals surface area contributed by atoms with Gasteiger partial charge in [-0.2, -0.15) is 8.78 Å². The number of carbonyl (C=O) groups excluding carboxylic acids is 1. The summed E-state index contributed by atoms with van der Waals surface area (Å²) in [6, 6.07) is 14.7. The smallest absolute Gasteiger partial charge is 0.288 e. The monoisotopic (exact) mass is 403 g/mol. The minimum Gasteiger partial charge on any atom is -0.368 e. The van der Waals surface area contributed by atoms with Crippen LogP contribution in [0.5, 0.6) is 0 Å². The van der Waals surface area contributed by atoms with E-state index in [1.165, 1.54) is 18.5 Å². The van der Waals surface area contributed by atoms with Crippen molar-refractivity contribution in [2.24, 2.45) is 5.92 Å². The molecular formula is C21H23F2N3OS. The van der Waals surface area contributed by atoms with Gasteiger partial charge in [-0.05, 0) is 55.2 Å². The molecule has 4 rings (SSSR count). The fourth-order valence-electron chi connectivity index (χ4n) is 3.54. The molecule has 0 bridgehead atoms. The van der Waals surface area contributed by atoms with Crippen LogP contribution >= 0.6 is 11.8 Å². The first-order valence-corrected chi connectivity index (χ1v) is 10.4. The summed E-state index contributed by atoms with van der Waals surface area (Å²) >= 11 is 0.497. The summed E-state index contributed by atoms with van der Waals surface area (Å²) in [5.74, 6) is -1.74. The average Bonchev–Trinajstić information content (AvgIpc) is 3.49. The van der Waals surface area contributed by atoms with Gasteiger partial charge in [0.1, 0.15) is 0 Å². The third-order valence-corrected chi connectivity index (χ3v) is 5.80. The van der Waals surface area contributed by atoms with E-state index in [0.717, 1.165) is 31.2 Å². The van der Waals surface area contributed by atoms with Gasteiger partial charge >= 0.3 is 0 Å². The predicted molar refractivity (Wildman–Crippen MR) is 111 cm³/mol. The molecule has 7 heteroatoms. The van der Waals surface area contributed by atoms with Gasteiger partial charge in [0.25, 0.3) is 5.76 Å². The molecule has 1 amide bonds. The summed E-state index contributed by atoms with van der Waals surface area (Å²) in [5.41, 5.74) is 2.90. The molecule has 0 atom stereocenters. The molecule has 1 aliphatic heterocycles. The predicted octanol–water partition coefficient (Wildman–Crippen LogP) is 4.68. The zero-order valence-corrected chi connectivity index (χ0v) is 16.3. The van der Waals surface area contributed by atoms with Crippen molar-refractivity contribution in [2.75, 3.05) is 41.3 Å². The van der Waals surface area contributed by atoms with E-state index in [0.29, 0.717) is 22.3 Å². The van der Waals surface area contributed by atoms with E-state index >= 15 is 0 Å². The van der Waals surface area contributed by atoms with Gasteiger partial charge in [0.05, 0.1) is 17.9 Å². The Morgan fingerprint density at radius 1 is 1.04 bits per heavy atom. The molecule has 1 aliphatic carbocycles. The Kier molecular flexibility index (Phi) is 5.71. The van der Waals surface area contributed by atoms with E-state index in [1.54, 1.807) is 24.3 Å². The van der Waals surface area contributed by atoms with Crippen molar-refractivity contribution in [2.45, 2.75) is 23.5 Å². The van der Waals surface area contributed by atoms with Crippen LogP contribution in [0.25, 0.3) is 0 Å². The number of anilines is 3. The number of rotatable bonds is 7. The van der Waals surface area contributed by atoms with Gasteiger partial charge in [0, 0.05) is 30.2 Å². The number of fused-ring (bicyclic) bond motifs is 1. The van der Waals surface area contributed by atoms with Crippen LogP contribution in [0.1, 0.15) is 12.8 Å². The van der Waals surface area contributed by atoms with E-state index < -0.39 is 5.76 Å². The molecule has 0 unspecified atom stereocenters. The maximum atomic E-state index is 12.5. The molecule has 0 aromatic heterocycles. The van der Waals surface area contributed by atoms with Gasteiger partial charge in [-0.3, -0.25) is 4.79 Å². The minimum atomic E-state index is -2.45. The number of carbonyl (C=O) groups is 1. The number of para-hydroxylation sites is 2. The Morgan fingerprint density at radius 2 is 1.68 bits per heavy atom. The first-order chi connectivity index (χ1) is 13.6. The fourth-order valence-corrected chi connectivity index (χ4v) is 4.04. The van der Waals surface area contributed by atoms with Crippen molar-refractivity contribution in [1.82, 2.24) is 0 Å². The van der Waals surface area contributed by atoms with Crippen LogP contribution in [-0.2, 0) is 4.79 Å². The molecular weight excluding hydrogens is 380 g/mol. The van der Waals surface area contributed by atoms with E-state index in [-0.39, 0.29) is 12.5 Å². The maximum Gasteiger partial charge on any atom is 0.288 e. The van der Waals surface area contributed by atoms with Gasteiger partial charge in [-0.15, -0.1) is 0 Å². The van der Waals surface area contributed by atoms with Gasteiger partial charge in [-0.25, -0.2) is 0 Å². The highest BCUT2D eigenvalue weighted by Gasteiger charge is 2.29. The second-order valence-electron chi connectivity index (χ2n) is 7.25. The van der Waals surface area contributed by atoms with E-state index in [1.807, 2.05) is 12.1 Å². The third-order valence-electron chi connectivity index (χ3n) is 5.08. The molecule has 1 N–H and O–H groups in total. The van der Waals surface area contributed by atoms with E-state index in [2.05, 4.69) is 27.2 Å². The fraction of sp³-hybridized carbons (Fsp3) is 0.381. The number of thioether (sulfide) groups is 1. The van der Waals surface area contributed by atoms with Crippen molar-refractivity contribution in [3.8, 4) is 0 Å². The summed E-state index contributed by atoms with van der Waals surface area (Å²) in [7, 11) is 0. The first kappa shape index (κ1) is 19.1. The molecule has 1 saturated carbocycles. The Labute approximate surface area is 167 Å². The highest BCUT2D eigenvalue weighted by molar-refractivity contribution is 7.99. The van der Waals surface area contributed by atoms with E-state index in [4.69, 9.17) is 0 Å². The molecule has 0 spiro atoms. The van der Waals surface area contributed by atoms with Crippen molar-refractivity contribution >= 4 is 34.7 Å². The van der Waals surface area contributed by atoms with Gasteiger partial charge < -0.3 is 15.1 Å². The molecule has 4 nitrogen and oxygen atoms in total. The zero-order chi connectivity index (χ0) is 19.5. The summed E-state index contributed by atoms with van der Waals surface area (Å²) in [6.07, 6.45) is 2.64. The number of benzene rings is 2. The number of hydrogen-bond donors (Lipinski definition) is 1. The zero-order valence-electron chi connectivity index (χ0n) is 15.5. The van der Waals surface area contributed by atoms with Crippen LogP contribution in [0.2, 0.25) is 0 Å². The number of hydrogen-bond acceptors (Lipinski definition) is 4. The lowest BCUT2D eigenvalue weighted by Crippen LogP contribution is -2.44. The minimum absolute atomic E-state index is 0.111. The van der Waals surface area contributed by atoms with Crippen LogP contribution in [0, 0.1) is 5.92 Å². The highest BCUT2D eigenvalue weighted by atomic mass is 32.2. The summed E-state index contributed by atoms with van der Waals surface area (Å²) in [5, 5.41) is 2.86. The SMILES string of the molecule is O=C(CN1CCN(CC2CC2)c2ccccc21)Nc1ccc(SC(F)F)cc1. The van der Waals surface area contributed by atoms with Crippen LogP contribution < -0.4 is 15.1 Å². The molecule has 148 valence electrons. The summed E-state index contributed by atoms with van der Waals surface area (Å²) in [4.78, 5) is 17.5. The summed E-state index contributed by atoms with van der Waals surface area (Å²) in [6.45, 7) is 3.09. The second-order valence-corrected chi connectivity index (χ2v) is 8.31.